The van der Waals surface area contributed by atoms with Crippen molar-refractivity contribution in [2.75, 3.05) is 23.0 Å². The van der Waals surface area contributed by atoms with Gasteiger partial charge in [-0.3, -0.25) is 24.0 Å². The maximum Gasteiger partial charge on any atom is 0.440 e. The minimum absolute atomic E-state index is 0.0333. The van der Waals surface area contributed by atoms with Crippen molar-refractivity contribution in [3.8, 4) is 0 Å². The molecular weight excluding hydrogens is 514 g/mol. The second kappa shape index (κ2) is 11.6. The highest BCUT2D eigenvalue weighted by molar-refractivity contribution is 6.07. The lowest BCUT2D eigenvalue weighted by atomic mass is 10.1. The van der Waals surface area contributed by atoms with Gasteiger partial charge in [0.05, 0.1) is 30.6 Å². The molecule has 3 aromatic heterocycles. The molecule has 0 aliphatic heterocycles. The van der Waals surface area contributed by atoms with Crippen LogP contribution in [0.15, 0.2) is 82.2 Å². The molecule has 0 saturated carbocycles. The summed E-state index contributed by atoms with van der Waals surface area (Å²) in [5.41, 5.74) is 2.59. The highest BCUT2D eigenvalue weighted by atomic mass is 16.5. The zero-order valence-corrected chi connectivity index (χ0v) is 22.0. The lowest BCUT2D eigenvalue weighted by molar-refractivity contribution is -0.142. The SMILES string of the molecule is CCOC(=O)CCN(C(=O)c1ccc2c(c1)nc(CN(c1ccccc1)c1noc(=O)[nH]1)n2C)c1ccccn1. The predicted molar refractivity (Wildman–Crippen MR) is 147 cm³/mol. The topological polar surface area (TPSA) is 139 Å². The van der Waals surface area contributed by atoms with Crippen LogP contribution in [-0.4, -0.2) is 49.7 Å². The van der Waals surface area contributed by atoms with Crippen molar-refractivity contribution in [1.82, 2.24) is 24.7 Å². The summed E-state index contributed by atoms with van der Waals surface area (Å²) in [6.45, 7) is 2.38. The zero-order valence-electron chi connectivity index (χ0n) is 22.0. The van der Waals surface area contributed by atoms with Gasteiger partial charge in [0.1, 0.15) is 11.6 Å². The largest absolute Gasteiger partial charge is 0.466 e. The number of pyridine rings is 1. The van der Waals surface area contributed by atoms with E-state index < -0.39 is 11.7 Å². The summed E-state index contributed by atoms with van der Waals surface area (Å²) in [7, 11) is 1.88. The van der Waals surface area contributed by atoms with Crippen molar-refractivity contribution in [2.45, 2.75) is 19.9 Å². The summed E-state index contributed by atoms with van der Waals surface area (Å²) in [4.78, 5) is 52.3. The minimum atomic E-state index is -0.662. The molecule has 1 N–H and O–H groups in total. The van der Waals surface area contributed by atoms with E-state index in [9.17, 15) is 14.4 Å². The number of benzene rings is 2. The van der Waals surface area contributed by atoms with Crippen molar-refractivity contribution in [1.29, 1.82) is 0 Å². The molecule has 12 nitrogen and oxygen atoms in total. The van der Waals surface area contributed by atoms with Crippen molar-refractivity contribution in [3.05, 3.63) is 94.9 Å². The molecule has 5 rings (SSSR count). The van der Waals surface area contributed by atoms with Crippen molar-refractivity contribution < 1.29 is 18.8 Å². The van der Waals surface area contributed by atoms with Crippen LogP contribution in [0.2, 0.25) is 0 Å². The molecule has 40 heavy (non-hydrogen) atoms. The first-order chi connectivity index (χ1) is 19.4. The van der Waals surface area contributed by atoms with E-state index in [-0.39, 0.29) is 38.0 Å². The summed E-state index contributed by atoms with van der Waals surface area (Å²) >= 11 is 0. The average Bonchev–Trinajstić information content (AvgIpc) is 3.54. The second-order valence-electron chi connectivity index (χ2n) is 8.83. The molecule has 0 aliphatic carbocycles. The van der Waals surface area contributed by atoms with Crippen LogP contribution in [-0.2, 0) is 23.1 Å². The number of nitrogens with one attached hydrogen (secondary N) is 1. The van der Waals surface area contributed by atoms with Crippen LogP contribution < -0.4 is 15.6 Å². The lowest BCUT2D eigenvalue weighted by Gasteiger charge is -2.21. The quantitative estimate of drug-likeness (QED) is 0.263. The van der Waals surface area contributed by atoms with E-state index >= 15 is 0 Å². The van der Waals surface area contributed by atoms with Crippen molar-refractivity contribution in [3.63, 3.8) is 0 Å². The van der Waals surface area contributed by atoms with Gasteiger partial charge in [-0.05, 0) is 54.5 Å². The van der Waals surface area contributed by atoms with Gasteiger partial charge >= 0.3 is 11.7 Å². The number of hydrogen-bond acceptors (Lipinski definition) is 9. The van der Waals surface area contributed by atoms with Gasteiger partial charge < -0.3 is 14.2 Å². The first-order valence-corrected chi connectivity index (χ1v) is 12.7. The van der Waals surface area contributed by atoms with Crippen LogP contribution in [0.25, 0.3) is 11.0 Å². The molecule has 1 amide bonds. The van der Waals surface area contributed by atoms with E-state index in [4.69, 9.17) is 14.2 Å². The summed E-state index contributed by atoms with van der Waals surface area (Å²) in [5, 5.41) is 3.86. The average molecular weight is 542 g/mol. The number of carbonyl (C=O) groups excluding carboxylic acids is 2. The number of aromatic amines is 1. The molecule has 0 bridgehead atoms. The molecule has 0 radical (unpaired) electrons. The van der Waals surface area contributed by atoms with Crippen LogP contribution in [0.3, 0.4) is 0 Å². The number of anilines is 3. The number of amides is 1. The van der Waals surface area contributed by atoms with Gasteiger partial charge in [-0.2, -0.15) is 0 Å². The summed E-state index contributed by atoms with van der Waals surface area (Å²) in [6.07, 6.45) is 1.63. The molecule has 3 heterocycles. The number of fused-ring (bicyclic) bond motifs is 1. The Balaban J connectivity index is 1.46. The molecule has 0 aliphatic rings. The summed E-state index contributed by atoms with van der Waals surface area (Å²) < 4.78 is 11.7. The highest BCUT2D eigenvalue weighted by Gasteiger charge is 2.23. The van der Waals surface area contributed by atoms with Gasteiger partial charge in [0.2, 0.25) is 0 Å². The monoisotopic (exact) mass is 541 g/mol. The maximum atomic E-state index is 13.6. The number of rotatable bonds is 10. The number of aromatic nitrogens is 5. The van der Waals surface area contributed by atoms with E-state index in [2.05, 4.69) is 15.1 Å². The molecule has 0 saturated heterocycles. The normalized spacial score (nSPS) is 10.9. The third-order valence-electron chi connectivity index (χ3n) is 6.29. The number of aryl methyl sites for hydroxylation is 1. The fourth-order valence-electron chi connectivity index (χ4n) is 4.33. The highest BCUT2D eigenvalue weighted by Crippen LogP contribution is 2.26. The van der Waals surface area contributed by atoms with E-state index in [0.717, 1.165) is 11.2 Å². The fraction of sp³-hybridized carbons (Fsp3) is 0.214. The smallest absolute Gasteiger partial charge is 0.440 e. The first-order valence-electron chi connectivity index (χ1n) is 12.7. The van der Waals surface area contributed by atoms with Gasteiger partial charge in [-0.25, -0.2) is 14.8 Å². The van der Waals surface area contributed by atoms with E-state index in [1.165, 1.54) is 4.90 Å². The lowest BCUT2D eigenvalue weighted by Crippen LogP contribution is -2.34. The Labute approximate surface area is 228 Å². The molecule has 0 unspecified atom stereocenters. The van der Waals surface area contributed by atoms with E-state index in [0.29, 0.717) is 22.7 Å². The van der Waals surface area contributed by atoms with Gasteiger partial charge in [0.15, 0.2) is 0 Å². The molecular formula is C28H27N7O5. The minimum Gasteiger partial charge on any atom is -0.466 e. The molecule has 0 fully saturated rings. The second-order valence-corrected chi connectivity index (χ2v) is 8.83. The standard InChI is InChI=1S/C28H27N7O5/c1-3-39-25(36)14-16-34(23-11-7-8-15-29-23)26(37)19-12-13-22-21(17-19)30-24(33(22)2)18-35(20-9-5-4-6-10-20)27-31-28(38)40-32-27/h4-13,15,17H,3,14,16,18H2,1-2H3,(H,31,32,38). The van der Waals surface area contributed by atoms with E-state index in [1.54, 1.807) is 48.4 Å². The summed E-state index contributed by atoms with van der Waals surface area (Å²) in [6, 6.07) is 19.9. The van der Waals surface area contributed by atoms with Gasteiger partial charge in [-0.15, -0.1) is 0 Å². The van der Waals surface area contributed by atoms with E-state index in [1.807, 2.05) is 48.0 Å². The van der Waals surface area contributed by atoms with Crippen LogP contribution >= 0.6 is 0 Å². The Morgan fingerprint density at radius 1 is 1.07 bits per heavy atom. The number of imidazole rings is 1. The van der Waals surface area contributed by atoms with Crippen LogP contribution in [0.4, 0.5) is 17.5 Å². The number of hydrogen-bond donors (Lipinski definition) is 1. The zero-order chi connectivity index (χ0) is 28.1. The predicted octanol–water partition coefficient (Wildman–Crippen LogP) is 3.58. The molecule has 12 heteroatoms. The first kappa shape index (κ1) is 26.4. The van der Waals surface area contributed by atoms with Crippen LogP contribution in [0.1, 0.15) is 29.5 Å². The summed E-state index contributed by atoms with van der Waals surface area (Å²) in [5.74, 6) is -0.0354. The third kappa shape index (κ3) is 5.60. The van der Waals surface area contributed by atoms with Gasteiger partial charge in [-0.1, -0.05) is 24.3 Å². The van der Waals surface area contributed by atoms with Gasteiger partial charge in [0.25, 0.3) is 11.9 Å². The molecule has 0 spiro atoms. The van der Waals surface area contributed by atoms with Crippen LogP contribution in [0, 0.1) is 0 Å². The number of carbonyl (C=O) groups is 2. The van der Waals surface area contributed by atoms with Gasteiger partial charge in [0, 0.05) is 31.0 Å². The Hall–Kier alpha value is -5.26. The van der Waals surface area contributed by atoms with Crippen molar-refractivity contribution in [2.24, 2.45) is 7.05 Å². The third-order valence-corrected chi connectivity index (χ3v) is 6.29. The fourth-order valence-corrected chi connectivity index (χ4v) is 4.33. The number of nitrogens with zero attached hydrogens (tertiary/aromatic N) is 6. The Kier molecular flexibility index (Phi) is 7.67. The van der Waals surface area contributed by atoms with Crippen molar-refractivity contribution >= 4 is 40.4 Å². The Bertz CT molecular complexity index is 1680. The number of H-pyrrole nitrogens is 1. The van der Waals surface area contributed by atoms with Crippen LogP contribution in [0.5, 0.6) is 0 Å². The maximum absolute atomic E-state index is 13.6. The molecule has 0 atom stereocenters. The number of para-hydroxylation sites is 1. The number of ether oxygens (including phenoxy) is 1. The Morgan fingerprint density at radius 3 is 2.58 bits per heavy atom. The molecule has 204 valence electrons. The molecule has 5 aromatic rings. The molecule has 2 aromatic carbocycles. The Morgan fingerprint density at radius 2 is 1.88 bits per heavy atom. The number of esters is 1.